The van der Waals surface area contributed by atoms with Crippen molar-refractivity contribution in [3.63, 3.8) is 0 Å². The summed E-state index contributed by atoms with van der Waals surface area (Å²) in [5.74, 6) is -0.860. The Kier molecular flexibility index (Phi) is 4.19. The molecule has 0 bridgehead atoms. The number of anilines is 1. The van der Waals surface area contributed by atoms with E-state index < -0.39 is 17.7 Å². The molecule has 0 spiro atoms. The Bertz CT molecular complexity index is 454. The molecule has 0 saturated carbocycles. The monoisotopic (exact) mass is 253 g/mol. The van der Waals surface area contributed by atoms with Crippen LogP contribution in [0.4, 0.5) is 10.6 Å². The summed E-state index contributed by atoms with van der Waals surface area (Å²) in [6, 6.07) is 0. The molecule has 0 aliphatic heterocycles. The zero-order valence-electron chi connectivity index (χ0n) is 10.4. The van der Waals surface area contributed by atoms with Crippen molar-refractivity contribution in [2.45, 2.75) is 32.8 Å². The van der Waals surface area contributed by atoms with Crippen LogP contribution in [0.5, 0.6) is 0 Å². The smallest absolute Gasteiger partial charge is 0.413 e. The summed E-state index contributed by atoms with van der Waals surface area (Å²) < 4.78 is 5.03. The fraction of sp³-hybridized carbons (Fsp3) is 0.455. The number of hydrogen-bond donors (Lipinski definition) is 2. The number of aromatic nitrogens is 2. The van der Waals surface area contributed by atoms with Gasteiger partial charge in [-0.1, -0.05) is 0 Å². The highest BCUT2D eigenvalue weighted by Gasteiger charge is 2.16. The lowest BCUT2D eigenvalue weighted by Crippen LogP contribution is -2.27. The second-order valence-electron chi connectivity index (χ2n) is 4.59. The SMILES string of the molecule is CC(C)(C)OC(=O)Nc1cncc(CC(=O)O)n1. The molecule has 1 aromatic rings. The van der Waals surface area contributed by atoms with E-state index in [2.05, 4.69) is 15.3 Å². The number of rotatable bonds is 3. The van der Waals surface area contributed by atoms with Crippen LogP contribution < -0.4 is 5.32 Å². The van der Waals surface area contributed by atoms with Crippen molar-refractivity contribution in [2.75, 3.05) is 5.32 Å². The zero-order valence-corrected chi connectivity index (χ0v) is 10.4. The third kappa shape index (κ3) is 5.24. The summed E-state index contributed by atoms with van der Waals surface area (Å²) in [6.45, 7) is 5.21. The van der Waals surface area contributed by atoms with Gasteiger partial charge in [-0.25, -0.2) is 9.78 Å². The standard InChI is InChI=1S/C11H15N3O4/c1-11(2,3)18-10(17)14-8-6-12-5-7(13-8)4-9(15)16/h5-6H,4H2,1-3H3,(H,15,16)(H,13,14,17). The number of carboxylic acids is 1. The molecule has 1 aromatic heterocycles. The van der Waals surface area contributed by atoms with Crippen LogP contribution >= 0.6 is 0 Å². The number of nitrogens with one attached hydrogen (secondary N) is 1. The molecule has 98 valence electrons. The molecular formula is C11H15N3O4. The Balaban J connectivity index is 2.67. The van der Waals surface area contributed by atoms with Crippen molar-refractivity contribution in [1.82, 2.24) is 9.97 Å². The first-order valence-corrected chi connectivity index (χ1v) is 5.29. The second-order valence-corrected chi connectivity index (χ2v) is 4.59. The van der Waals surface area contributed by atoms with E-state index in [9.17, 15) is 9.59 Å². The van der Waals surface area contributed by atoms with E-state index in [-0.39, 0.29) is 17.9 Å². The minimum Gasteiger partial charge on any atom is -0.481 e. The quantitative estimate of drug-likeness (QED) is 0.845. The molecule has 0 atom stereocenters. The lowest BCUT2D eigenvalue weighted by Gasteiger charge is -2.19. The average Bonchev–Trinajstić information content (AvgIpc) is 2.13. The Hall–Kier alpha value is -2.18. The summed E-state index contributed by atoms with van der Waals surface area (Å²) in [5.41, 5.74) is -0.355. The van der Waals surface area contributed by atoms with E-state index in [0.717, 1.165) is 0 Å². The van der Waals surface area contributed by atoms with Crippen LogP contribution in [0.15, 0.2) is 12.4 Å². The number of aliphatic carboxylic acids is 1. The Morgan fingerprint density at radius 1 is 1.39 bits per heavy atom. The molecule has 0 aromatic carbocycles. The molecule has 1 heterocycles. The molecule has 2 N–H and O–H groups in total. The highest BCUT2D eigenvalue weighted by molar-refractivity contribution is 5.83. The Morgan fingerprint density at radius 2 is 2.06 bits per heavy atom. The largest absolute Gasteiger partial charge is 0.481 e. The normalized spacial score (nSPS) is 10.8. The molecule has 0 aliphatic carbocycles. The molecule has 0 aliphatic rings. The van der Waals surface area contributed by atoms with E-state index in [4.69, 9.17) is 9.84 Å². The van der Waals surface area contributed by atoms with Gasteiger partial charge in [-0.15, -0.1) is 0 Å². The van der Waals surface area contributed by atoms with Gasteiger partial charge in [0.05, 0.1) is 18.3 Å². The van der Waals surface area contributed by atoms with Crippen molar-refractivity contribution in [3.8, 4) is 0 Å². The number of nitrogens with zero attached hydrogens (tertiary/aromatic N) is 2. The molecule has 0 unspecified atom stereocenters. The van der Waals surface area contributed by atoms with Gasteiger partial charge in [0, 0.05) is 6.20 Å². The van der Waals surface area contributed by atoms with Gasteiger partial charge in [0.15, 0.2) is 5.82 Å². The first kappa shape index (κ1) is 13.9. The zero-order chi connectivity index (χ0) is 13.8. The summed E-state index contributed by atoms with van der Waals surface area (Å²) in [4.78, 5) is 29.7. The van der Waals surface area contributed by atoms with Gasteiger partial charge in [0.1, 0.15) is 5.60 Å². The average molecular weight is 253 g/mol. The molecule has 1 amide bonds. The maximum atomic E-state index is 11.4. The number of ether oxygens (including phenoxy) is 1. The molecule has 18 heavy (non-hydrogen) atoms. The third-order valence-corrected chi connectivity index (χ3v) is 1.65. The number of amides is 1. The van der Waals surface area contributed by atoms with Crippen LogP contribution in [0.25, 0.3) is 0 Å². The van der Waals surface area contributed by atoms with Crippen LogP contribution in [0, 0.1) is 0 Å². The number of carboxylic acid groups (broad SMARTS) is 1. The van der Waals surface area contributed by atoms with Gasteiger partial charge < -0.3 is 9.84 Å². The summed E-state index contributed by atoms with van der Waals surface area (Å²) in [5, 5.41) is 11.0. The molecule has 0 fully saturated rings. The van der Waals surface area contributed by atoms with Gasteiger partial charge in [-0.3, -0.25) is 15.1 Å². The fourth-order valence-electron chi connectivity index (χ4n) is 1.11. The van der Waals surface area contributed by atoms with Crippen LogP contribution in [-0.2, 0) is 16.0 Å². The van der Waals surface area contributed by atoms with Crippen molar-refractivity contribution in [2.24, 2.45) is 0 Å². The lowest BCUT2D eigenvalue weighted by molar-refractivity contribution is -0.136. The van der Waals surface area contributed by atoms with Crippen LogP contribution in [0.1, 0.15) is 26.5 Å². The molecule has 0 radical (unpaired) electrons. The number of carbonyl (C=O) groups is 2. The maximum Gasteiger partial charge on any atom is 0.413 e. The van der Waals surface area contributed by atoms with E-state index >= 15 is 0 Å². The van der Waals surface area contributed by atoms with Crippen molar-refractivity contribution in [3.05, 3.63) is 18.1 Å². The Labute approximate surface area is 104 Å². The van der Waals surface area contributed by atoms with Gasteiger partial charge in [-0.05, 0) is 20.8 Å². The van der Waals surface area contributed by atoms with E-state index in [1.165, 1.54) is 12.4 Å². The lowest BCUT2D eigenvalue weighted by atomic mass is 10.2. The van der Waals surface area contributed by atoms with Crippen LogP contribution in [0.3, 0.4) is 0 Å². The van der Waals surface area contributed by atoms with Crippen LogP contribution in [-0.4, -0.2) is 32.7 Å². The minimum absolute atomic E-state index is 0.156. The summed E-state index contributed by atoms with van der Waals surface area (Å²) in [7, 11) is 0. The predicted molar refractivity (Wildman–Crippen MR) is 63.2 cm³/mol. The molecule has 0 saturated heterocycles. The summed E-state index contributed by atoms with van der Waals surface area (Å²) in [6.07, 6.45) is 1.73. The van der Waals surface area contributed by atoms with Crippen LogP contribution in [0.2, 0.25) is 0 Å². The van der Waals surface area contributed by atoms with Crippen molar-refractivity contribution >= 4 is 17.9 Å². The highest BCUT2D eigenvalue weighted by Crippen LogP contribution is 2.09. The van der Waals surface area contributed by atoms with E-state index in [1.54, 1.807) is 20.8 Å². The maximum absolute atomic E-state index is 11.4. The third-order valence-electron chi connectivity index (χ3n) is 1.65. The van der Waals surface area contributed by atoms with Gasteiger partial charge in [0.2, 0.25) is 0 Å². The Morgan fingerprint density at radius 3 is 2.61 bits per heavy atom. The van der Waals surface area contributed by atoms with Gasteiger partial charge in [0.25, 0.3) is 0 Å². The molecule has 7 heteroatoms. The van der Waals surface area contributed by atoms with Gasteiger partial charge >= 0.3 is 12.1 Å². The summed E-state index contributed by atoms with van der Waals surface area (Å²) >= 11 is 0. The van der Waals surface area contributed by atoms with Crippen molar-refractivity contribution in [1.29, 1.82) is 0 Å². The highest BCUT2D eigenvalue weighted by atomic mass is 16.6. The molecular weight excluding hydrogens is 238 g/mol. The first-order valence-electron chi connectivity index (χ1n) is 5.29. The topological polar surface area (TPSA) is 101 Å². The number of carbonyl (C=O) groups excluding carboxylic acids is 1. The van der Waals surface area contributed by atoms with Gasteiger partial charge in [-0.2, -0.15) is 0 Å². The molecule has 7 nitrogen and oxygen atoms in total. The first-order chi connectivity index (χ1) is 8.26. The van der Waals surface area contributed by atoms with E-state index in [0.29, 0.717) is 0 Å². The second kappa shape index (κ2) is 5.44. The molecule has 1 rings (SSSR count). The fourth-order valence-corrected chi connectivity index (χ4v) is 1.11. The van der Waals surface area contributed by atoms with Crippen molar-refractivity contribution < 1.29 is 19.4 Å². The minimum atomic E-state index is -1.02. The predicted octanol–water partition coefficient (Wildman–Crippen LogP) is 1.45. The number of hydrogen-bond acceptors (Lipinski definition) is 5. The van der Waals surface area contributed by atoms with E-state index in [1.807, 2.05) is 0 Å².